The summed E-state index contributed by atoms with van der Waals surface area (Å²) < 4.78 is 0. The van der Waals surface area contributed by atoms with Crippen molar-refractivity contribution in [2.75, 3.05) is 11.5 Å². The SMILES string of the molecule is C=CCC(CCSCC)C(=O)O. The minimum absolute atomic E-state index is 0.235. The fourth-order valence-corrected chi connectivity index (χ4v) is 1.65. The van der Waals surface area contributed by atoms with Crippen LogP contribution in [0.3, 0.4) is 0 Å². The molecule has 0 saturated heterocycles. The van der Waals surface area contributed by atoms with Crippen LogP contribution >= 0.6 is 11.8 Å². The molecule has 0 aliphatic heterocycles. The largest absolute Gasteiger partial charge is 0.481 e. The summed E-state index contributed by atoms with van der Waals surface area (Å²) in [6.45, 7) is 5.62. The van der Waals surface area contributed by atoms with E-state index in [1.54, 1.807) is 17.8 Å². The molecule has 2 nitrogen and oxygen atoms in total. The minimum atomic E-state index is -0.702. The van der Waals surface area contributed by atoms with Crippen molar-refractivity contribution in [2.45, 2.75) is 19.8 Å². The third-order valence-electron chi connectivity index (χ3n) is 1.62. The molecular formula is C9H16O2S. The lowest BCUT2D eigenvalue weighted by molar-refractivity contribution is -0.141. The highest BCUT2D eigenvalue weighted by molar-refractivity contribution is 7.99. The number of carboxylic acids is 1. The van der Waals surface area contributed by atoms with E-state index < -0.39 is 5.97 Å². The average molecular weight is 188 g/mol. The van der Waals surface area contributed by atoms with Crippen LogP contribution in [-0.4, -0.2) is 22.6 Å². The maximum absolute atomic E-state index is 10.6. The molecule has 1 atom stereocenters. The summed E-state index contributed by atoms with van der Waals surface area (Å²) in [4.78, 5) is 10.6. The zero-order valence-electron chi connectivity index (χ0n) is 7.45. The third-order valence-corrected chi connectivity index (χ3v) is 2.55. The fraction of sp³-hybridized carbons (Fsp3) is 0.667. The summed E-state index contributed by atoms with van der Waals surface area (Å²) in [6.07, 6.45) is 3.01. The predicted octanol–water partition coefficient (Wildman–Crippen LogP) is 2.41. The first-order chi connectivity index (χ1) is 5.72. The zero-order valence-corrected chi connectivity index (χ0v) is 8.27. The highest BCUT2D eigenvalue weighted by Gasteiger charge is 2.14. The summed E-state index contributed by atoms with van der Waals surface area (Å²) in [5, 5.41) is 8.75. The number of allylic oxidation sites excluding steroid dienone is 1. The summed E-state index contributed by atoms with van der Waals surface area (Å²) in [6, 6.07) is 0. The molecule has 0 aromatic rings. The van der Waals surface area contributed by atoms with Gasteiger partial charge in [-0.15, -0.1) is 6.58 Å². The number of hydrogen-bond donors (Lipinski definition) is 1. The molecule has 70 valence electrons. The van der Waals surface area contributed by atoms with Crippen LogP contribution in [0.15, 0.2) is 12.7 Å². The number of carbonyl (C=O) groups is 1. The van der Waals surface area contributed by atoms with E-state index in [-0.39, 0.29) is 5.92 Å². The first kappa shape index (κ1) is 11.6. The summed E-state index contributed by atoms with van der Waals surface area (Å²) in [5.41, 5.74) is 0. The van der Waals surface area contributed by atoms with Gasteiger partial charge in [-0.25, -0.2) is 0 Å². The Morgan fingerprint density at radius 2 is 2.42 bits per heavy atom. The Labute approximate surface area is 78.0 Å². The maximum atomic E-state index is 10.6. The van der Waals surface area contributed by atoms with Crippen LogP contribution in [0.25, 0.3) is 0 Å². The predicted molar refractivity (Wildman–Crippen MR) is 53.6 cm³/mol. The molecule has 0 heterocycles. The molecule has 12 heavy (non-hydrogen) atoms. The van der Waals surface area contributed by atoms with Crippen LogP contribution in [0.2, 0.25) is 0 Å². The molecule has 0 rings (SSSR count). The molecule has 0 aliphatic carbocycles. The van der Waals surface area contributed by atoms with Crippen molar-refractivity contribution >= 4 is 17.7 Å². The molecule has 1 N–H and O–H groups in total. The minimum Gasteiger partial charge on any atom is -0.481 e. The Kier molecular flexibility index (Phi) is 6.96. The number of hydrogen-bond acceptors (Lipinski definition) is 2. The Hall–Kier alpha value is -0.440. The molecule has 0 saturated carbocycles. The van der Waals surface area contributed by atoms with Gasteiger partial charge in [0.05, 0.1) is 5.92 Å². The van der Waals surface area contributed by atoms with Gasteiger partial charge < -0.3 is 5.11 Å². The smallest absolute Gasteiger partial charge is 0.306 e. The van der Waals surface area contributed by atoms with Crippen molar-refractivity contribution in [3.05, 3.63) is 12.7 Å². The molecular weight excluding hydrogens is 172 g/mol. The van der Waals surface area contributed by atoms with Gasteiger partial charge >= 0.3 is 5.97 Å². The van der Waals surface area contributed by atoms with Crippen LogP contribution in [0.5, 0.6) is 0 Å². The number of aliphatic carboxylic acids is 1. The van der Waals surface area contributed by atoms with E-state index in [2.05, 4.69) is 13.5 Å². The van der Waals surface area contributed by atoms with Gasteiger partial charge in [-0.05, 0) is 24.3 Å². The van der Waals surface area contributed by atoms with Gasteiger partial charge in [-0.2, -0.15) is 11.8 Å². The number of carboxylic acid groups (broad SMARTS) is 1. The van der Waals surface area contributed by atoms with E-state index in [0.717, 1.165) is 17.9 Å². The zero-order chi connectivity index (χ0) is 9.40. The third kappa shape index (κ3) is 5.24. The van der Waals surface area contributed by atoms with E-state index in [9.17, 15) is 4.79 Å². The van der Waals surface area contributed by atoms with Crippen LogP contribution < -0.4 is 0 Å². The lowest BCUT2D eigenvalue weighted by atomic mass is 10.0. The second-order valence-electron chi connectivity index (χ2n) is 2.55. The Balaban J connectivity index is 3.63. The van der Waals surface area contributed by atoms with E-state index in [1.165, 1.54) is 0 Å². The van der Waals surface area contributed by atoms with Crippen LogP contribution in [0.4, 0.5) is 0 Å². The van der Waals surface area contributed by atoms with E-state index in [0.29, 0.717) is 6.42 Å². The van der Waals surface area contributed by atoms with Crippen molar-refractivity contribution in [3.8, 4) is 0 Å². The maximum Gasteiger partial charge on any atom is 0.306 e. The summed E-state index contributed by atoms with van der Waals surface area (Å²) in [5.74, 6) is 1.05. The Morgan fingerprint density at radius 3 is 2.83 bits per heavy atom. The Bertz CT molecular complexity index is 145. The second-order valence-corrected chi connectivity index (χ2v) is 3.94. The van der Waals surface area contributed by atoms with Crippen molar-refractivity contribution in [2.24, 2.45) is 5.92 Å². The second kappa shape index (κ2) is 7.22. The topological polar surface area (TPSA) is 37.3 Å². The standard InChI is InChI=1S/C9H16O2S/c1-3-5-8(9(10)11)6-7-12-4-2/h3,8H,1,4-7H2,2H3,(H,10,11). The highest BCUT2D eigenvalue weighted by Crippen LogP contribution is 2.13. The van der Waals surface area contributed by atoms with Gasteiger partial charge in [0.15, 0.2) is 0 Å². The first-order valence-corrected chi connectivity index (χ1v) is 5.29. The normalized spacial score (nSPS) is 12.4. The lowest BCUT2D eigenvalue weighted by Crippen LogP contribution is -2.13. The molecule has 0 fully saturated rings. The van der Waals surface area contributed by atoms with Crippen molar-refractivity contribution in [1.82, 2.24) is 0 Å². The van der Waals surface area contributed by atoms with Crippen molar-refractivity contribution < 1.29 is 9.90 Å². The van der Waals surface area contributed by atoms with Gasteiger partial charge in [0, 0.05) is 0 Å². The summed E-state index contributed by atoms with van der Waals surface area (Å²) >= 11 is 1.78. The van der Waals surface area contributed by atoms with Gasteiger partial charge in [0.1, 0.15) is 0 Å². The van der Waals surface area contributed by atoms with Crippen molar-refractivity contribution in [3.63, 3.8) is 0 Å². The first-order valence-electron chi connectivity index (χ1n) is 4.13. The molecule has 0 amide bonds. The monoisotopic (exact) mass is 188 g/mol. The molecule has 0 aromatic heterocycles. The van der Waals surface area contributed by atoms with Gasteiger partial charge in [-0.1, -0.05) is 13.0 Å². The summed E-state index contributed by atoms with van der Waals surface area (Å²) in [7, 11) is 0. The van der Waals surface area contributed by atoms with Crippen LogP contribution in [0.1, 0.15) is 19.8 Å². The molecule has 0 radical (unpaired) electrons. The van der Waals surface area contributed by atoms with Crippen LogP contribution in [-0.2, 0) is 4.79 Å². The van der Waals surface area contributed by atoms with Gasteiger partial charge in [0.2, 0.25) is 0 Å². The lowest BCUT2D eigenvalue weighted by Gasteiger charge is -2.08. The molecule has 0 aromatic carbocycles. The van der Waals surface area contributed by atoms with Gasteiger partial charge in [-0.3, -0.25) is 4.79 Å². The number of thioether (sulfide) groups is 1. The molecule has 0 aliphatic rings. The number of rotatable bonds is 7. The fourth-order valence-electron chi connectivity index (χ4n) is 0.913. The van der Waals surface area contributed by atoms with E-state index >= 15 is 0 Å². The molecule has 1 unspecified atom stereocenters. The van der Waals surface area contributed by atoms with Gasteiger partial charge in [0.25, 0.3) is 0 Å². The molecule has 0 bridgehead atoms. The van der Waals surface area contributed by atoms with Crippen molar-refractivity contribution in [1.29, 1.82) is 0 Å². The molecule has 0 spiro atoms. The molecule has 3 heteroatoms. The average Bonchev–Trinajstić information content (AvgIpc) is 2.03. The van der Waals surface area contributed by atoms with E-state index in [1.807, 2.05) is 0 Å². The Morgan fingerprint density at radius 1 is 1.75 bits per heavy atom. The van der Waals surface area contributed by atoms with Crippen LogP contribution in [0, 0.1) is 5.92 Å². The van der Waals surface area contributed by atoms with E-state index in [4.69, 9.17) is 5.11 Å². The highest BCUT2D eigenvalue weighted by atomic mass is 32.2. The quantitative estimate of drug-likeness (QED) is 0.492.